The van der Waals surface area contributed by atoms with Gasteiger partial charge in [-0.2, -0.15) is 5.26 Å². The Balaban J connectivity index is 2.02. The molecule has 0 saturated heterocycles. The lowest BCUT2D eigenvalue weighted by Gasteiger charge is -2.10. The first-order valence-corrected chi connectivity index (χ1v) is 7.75. The topological polar surface area (TPSA) is 63.8 Å². The highest BCUT2D eigenvalue weighted by Gasteiger charge is 2.05. The second-order valence-electron chi connectivity index (χ2n) is 4.91. The molecular weight excluding hydrogens is 316 g/mol. The van der Waals surface area contributed by atoms with Crippen molar-refractivity contribution in [2.75, 3.05) is 13.2 Å². The van der Waals surface area contributed by atoms with E-state index < -0.39 is 0 Å². The first-order valence-electron chi connectivity index (χ1n) is 7.75. The van der Waals surface area contributed by atoms with E-state index in [4.69, 9.17) is 26.0 Å². The number of terminal acetylenes is 1. The van der Waals surface area contributed by atoms with Crippen LogP contribution in [0.25, 0.3) is 0 Å². The minimum absolute atomic E-state index is 0.176. The van der Waals surface area contributed by atoms with Crippen LogP contribution in [0.3, 0.4) is 0 Å². The van der Waals surface area contributed by atoms with Crippen LogP contribution in [0.2, 0.25) is 0 Å². The fourth-order valence-electron chi connectivity index (χ4n) is 2.07. The molecule has 5 heteroatoms. The van der Waals surface area contributed by atoms with Crippen LogP contribution < -0.4 is 9.47 Å². The Labute approximate surface area is 147 Å². The summed E-state index contributed by atoms with van der Waals surface area (Å²) in [7, 11) is 0. The van der Waals surface area contributed by atoms with E-state index >= 15 is 0 Å². The van der Waals surface area contributed by atoms with Gasteiger partial charge in [0.2, 0.25) is 0 Å². The third-order valence-corrected chi connectivity index (χ3v) is 3.21. The second-order valence-corrected chi connectivity index (χ2v) is 4.91. The van der Waals surface area contributed by atoms with Gasteiger partial charge in [0.15, 0.2) is 11.5 Å². The predicted octanol–water partition coefficient (Wildman–Crippen LogP) is 3.52. The second kappa shape index (κ2) is 9.64. The maximum absolute atomic E-state index is 9.04. The lowest BCUT2D eigenvalue weighted by molar-refractivity contribution is 0.132. The number of ether oxygens (including phenoxy) is 2. The van der Waals surface area contributed by atoms with Crippen molar-refractivity contribution >= 4 is 6.21 Å². The monoisotopic (exact) mass is 334 g/mol. The Hall–Kier alpha value is -3.44. The summed E-state index contributed by atoms with van der Waals surface area (Å²) in [6, 6.07) is 14.8. The van der Waals surface area contributed by atoms with Gasteiger partial charge in [0, 0.05) is 11.1 Å². The van der Waals surface area contributed by atoms with Crippen LogP contribution in [-0.2, 0) is 11.4 Å². The van der Waals surface area contributed by atoms with Crippen molar-refractivity contribution in [1.82, 2.24) is 0 Å². The summed E-state index contributed by atoms with van der Waals surface area (Å²) < 4.78 is 11.0. The van der Waals surface area contributed by atoms with E-state index in [1.54, 1.807) is 24.4 Å². The minimum Gasteiger partial charge on any atom is -0.490 e. The van der Waals surface area contributed by atoms with Crippen molar-refractivity contribution in [2.45, 2.75) is 13.5 Å². The quantitative estimate of drug-likeness (QED) is 0.421. The van der Waals surface area contributed by atoms with E-state index in [9.17, 15) is 0 Å². The van der Waals surface area contributed by atoms with Crippen molar-refractivity contribution in [3.8, 4) is 29.9 Å². The molecule has 0 bridgehead atoms. The van der Waals surface area contributed by atoms with Gasteiger partial charge in [-0.25, -0.2) is 0 Å². The first kappa shape index (κ1) is 17.9. The molecule has 2 rings (SSSR count). The van der Waals surface area contributed by atoms with Gasteiger partial charge in [-0.15, -0.1) is 6.42 Å². The largest absolute Gasteiger partial charge is 0.490 e. The first-order chi connectivity index (χ1) is 12.3. The zero-order valence-electron chi connectivity index (χ0n) is 13.9. The molecule has 0 unspecified atom stereocenters. The number of nitrogens with zero attached hydrogens (tertiary/aromatic N) is 2. The standard InChI is InChI=1S/C20H18N2O3/c1-3-11-24-19-10-9-16(12-20(19)23-4-2)14-22-25-15-18-8-6-5-7-17(18)13-21/h1,5-10,12,14H,4,11,15H2,2H3/b22-14-. The van der Waals surface area contributed by atoms with E-state index in [-0.39, 0.29) is 13.2 Å². The van der Waals surface area contributed by atoms with Crippen molar-refractivity contribution in [3.63, 3.8) is 0 Å². The van der Waals surface area contributed by atoms with Gasteiger partial charge in [0.25, 0.3) is 0 Å². The molecule has 0 fully saturated rings. The highest BCUT2D eigenvalue weighted by molar-refractivity contribution is 5.80. The van der Waals surface area contributed by atoms with Crippen LogP contribution in [0, 0.1) is 23.7 Å². The van der Waals surface area contributed by atoms with Gasteiger partial charge in [0.05, 0.1) is 24.5 Å². The van der Waals surface area contributed by atoms with Gasteiger partial charge in [-0.3, -0.25) is 0 Å². The van der Waals surface area contributed by atoms with Crippen LogP contribution >= 0.6 is 0 Å². The van der Waals surface area contributed by atoms with Crippen LogP contribution in [0.5, 0.6) is 11.5 Å². The lowest BCUT2D eigenvalue weighted by atomic mass is 10.1. The van der Waals surface area contributed by atoms with E-state index in [1.165, 1.54) is 0 Å². The summed E-state index contributed by atoms with van der Waals surface area (Å²) >= 11 is 0. The van der Waals surface area contributed by atoms with E-state index in [2.05, 4.69) is 17.1 Å². The number of nitriles is 1. The normalized spacial score (nSPS) is 10.0. The molecule has 0 heterocycles. The van der Waals surface area contributed by atoms with E-state index in [1.807, 2.05) is 31.2 Å². The summed E-state index contributed by atoms with van der Waals surface area (Å²) in [5.41, 5.74) is 2.16. The fraction of sp³-hybridized carbons (Fsp3) is 0.200. The third kappa shape index (κ3) is 5.30. The molecule has 2 aromatic rings. The number of oxime groups is 1. The Bertz CT molecular complexity index is 816. The predicted molar refractivity (Wildman–Crippen MR) is 95.5 cm³/mol. The number of hydrogen-bond acceptors (Lipinski definition) is 5. The van der Waals surface area contributed by atoms with Gasteiger partial charge >= 0.3 is 0 Å². The van der Waals surface area contributed by atoms with Crippen molar-refractivity contribution in [1.29, 1.82) is 5.26 Å². The Morgan fingerprint density at radius 3 is 2.76 bits per heavy atom. The van der Waals surface area contributed by atoms with Crippen LogP contribution in [-0.4, -0.2) is 19.4 Å². The maximum atomic E-state index is 9.04. The minimum atomic E-state index is 0.176. The molecule has 0 aliphatic carbocycles. The molecule has 25 heavy (non-hydrogen) atoms. The Morgan fingerprint density at radius 1 is 1.16 bits per heavy atom. The summed E-state index contributed by atoms with van der Waals surface area (Å²) in [5, 5.41) is 13.0. The summed E-state index contributed by atoms with van der Waals surface area (Å²) in [6.07, 6.45) is 6.78. The highest BCUT2D eigenvalue weighted by Crippen LogP contribution is 2.28. The molecule has 0 spiro atoms. The number of rotatable bonds is 8. The lowest BCUT2D eigenvalue weighted by Crippen LogP contribution is -2.00. The molecule has 126 valence electrons. The SMILES string of the molecule is C#CCOc1ccc(/C=N\OCc2ccccc2C#N)cc1OCC. The van der Waals surface area contributed by atoms with E-state index in [0.29, 0.717) is 23.7 Å². The van der Waals surface area contributed by atoms with E-state index in [0.717, 1.165) is 11.1 Å². The molecule has 0 aliphatic heterocycles. The number of hydrogen-bond donors (Lipinski definition) is 0. The molecule has 0 amide bonds. The summed E-state index contributed by atoms with van der Waals surface area (Å²) in [6.45, 7) is 2.80. The summed E-state index contributed by atoms with van der Waals surface area (Å²) in [5.74, 6) is 3.60. The molecule has 0 radical (unpaired) electrons. The average molecular weight is 334 g/mol. The van der Waals surface area contributed by atoms with Crippen molar-refractivity contribution in [3.05, 3.63) is 59.2 Å². The van der Waals surface area contributed by atoms with Gasteiger partial charge in [0.1, 0.15) is 13.2 Å². The maximum Gasteiger partial charge on any atom is 0.162 e. The zero-order valence-corrected chi connectivity index (χ0v) is 13.9. The molecule has 0 aromatic heterocycles. The molecule has 0 saturated carbocycles. The van der Waals surface area contributed by atoms with Gasteiger partial charge < -0.3 is 14.3 Å². The van der Waals surface area contributed by atoms with Gasteiger partial charge in [-0.1, -0.05) is 29.3 Å². The third-order valence-electron chi connectivity index (χ3n) is 3.21. The Morgan fingerprint density at radius 2 is 2.00 bits per heavy atom. The average Bonchev–Trinajstić information content (AvgIpc) is 2.65. The van der Waals surface area contributed by atoms with Gasteiger partial charge in [-0.05, 0) is 31.2 Å². The van der Waals surface area contributed by atoms with Crippen LogP contribution in [0.1, 0.15) is 23.6 Å². The fourth-order valence-corrected chi connectivity index (χ4v) is 2.07. The van der Waals surface area contributed by atoms with Crippen molar-refractivity contribution in [2.24, 2.45) is 5.16 Å². The van der Waals surface area contributed by atoms with Crippen LogP contribution in [0.15, 0.2) is 47.6 Å². The molecule has 5 nitrogen and oxygen atoms in total. The molecular formula is C20H18N2O3. The highest BCUT2D eigenvalue weighted by atomic mass is 16.6. The number of benzene rings is 2. The summed E-state index contributed by atoms with van der Waals surface area (Å²) in [4.78, 5) is 5.28. The molecule has 2 aromatic carbocycles. The van der Waals surface area contributed by atoms with Crippen LogP contribution in [0.4, 0.5) is 0 Å². The van der Waals surface area contributed by atoms with Crippen molar-refractivity contribution < 1.29 is 14.3 Å². The smallest absolute Gasteiger partial charge is 0.162 e. The Kier molecular flexibility index (Phi) is 6.91. The zero-order chi connectivity index (χ0) is 17.9. The molecule has 0 aliphatic rings. The molecule has 0 atom stereocenters. The molecule has 0 N–H and O–H groups in total.